The Morgan fingerprint density at radius 1 is 1.38 bits per heavy atom. The highest BCUT2D eigenvalue weighted by Crippen LogP contribution is 2.34. The summed E-state index contributed by atoms with van der Waals surface area (Å²) in [6, 6.07) is 6.84. The molecule has 0 unspecified atom stereocenters. The first-order chi connectivity index (χ1) is 9.81. The normalized spacial score (nSPS) is 22.9. The molecule has 0 bridgehead atoms. The van der Waals surface area contributed by atoms with Gasteiger partial charge in [-0.05, 0) is 49.9 Å². The minimum Gasteiger partial charge on any atom is -0.497 e. The molecule has 6 heteroatoms. The Hall–Kier alpha value is -1.11. The Kier molecular flexibility index (Phi) is 4.91. The quantitative estimate of drug-likeness (QED) is 0.898. The van der Waals surface area contributed by atoms with E-state index in [1.807, 2.05) is 6.07 Å². The first kappa shape index (κ1) is 16.3. The highest BCUT2D eigenvalue weighted by Gasteiger charge is 2.29. The third-order valence-electron chi connectivity index (χ3n) is 4.22. The molecule has 1 aliphatic heterocycles. The van der Waals surface area contributed by atoms with Crippen LogP contribution in [0.1, 0.15) is 37.4 Å². The van der Waals surface area contributed by atoms with Crippen molar-refractivity contribution in [1.82, 2.24) is 4.90 Å². The van der Waals surface area contributed by atoms with Crippen molar-refractivity contribution in [1.29, 1.82) is 0 Å². The number of methoxy groups -OCH3 is 1. The zero-order chi connectivity index (χ0) is 15.6. The lowest BCUT2D eigenvalue weighted by Gasteiger charge is -2.40. The Bertz CT molecular complexity index is 601. The van der Waals surface area contributed by atoms with Crippen molar-refractivity contribution in [2.75, 3.05) is 19.4 Å². The average Bonchev–Trinajstić information content (AvgIpc) is 2.40. The number of nitrogens with zero attached hydrogens (tertiary/aromatic N) is 1. The minimum atomic E-state index is -3.37. The van der Waals surface area contributed by atoms with Gasteiger partial charge in [0, 0.05) is 18.6 Å². The van der Waals surface area contributed by atoms with Gasteiger partial charge in [-0.2, -0.15) is 0 Å². The summed E-state index contributed by atoms with van der Waals surface area (Å²) < 4.78 is 27.4. The predicted octanol–water partition coefficient (Wildman–Crippen LogP) is 1.68. The molecule has 2 N–H and O–H groups in total. The second kappa shape index (κ2) is 6.34. The molecule has 0 radical (unpaired) electrons. The zero-order valence-electron chi connectivity index (χ0n) is 12.9. The van der Waals surface area contributed by atoms with Gasteiger partial charge in [0.2, 0.25) is 10.0 Å². The van der Waals surface area contributed by atoms with Crippen LogP contribution >= 0.6 is 0 Å². The van der Waals surface area contributed by atoms with E-state index < -0.39 is 10.0 Å². The van der Waals surface area contributed by atoms with E-state index in [0.717, 1.165) is 18.7 Å². The molecule has 1 aromatic carbocycles. The van der Waals surface area contributed by atoms with Gasteiger partial charge < -0.3 is 4.74 Å². The van der Waals surface area contributed by atoms with Crippen molar-refractivity contribution in [3.63, 3.8) is 0 Å². The summed E-state index contributed by atoms with van der Waals surface area (Å²) in [5, 5.41) is 5.07. The molecule has 5 nitrogen and oxygen atoms in total. The van der Waals surface area contributed by atoms with Crippen LogP contribution in [-0.4, -0.2) is 38.8 Å². The number of nitrogens with two attached hydrogens (primary N) is 1. The van der Waals surface area contributed by atoms with E-state index in [4.69, 9.17) is 9.88 Å². The average molecular weight is 312 g/mol. The Balaban J connectivity index is 2.11. The Morgan fingerprint density at radius 3 is 2.71 bits per heavy atom. The van der Waals surface area contributed by atoms with Gasteiger partial charge in [-0.1, -0.05) is 6.07 Å². The molecule has 0 aromatic heterocycles. The molecule has 0 amide bonds. The van der Waals surface area contributed by atoms with Gasteiger partial charge in [0.05, 0.1) is 12.9 Å². The smallest absolute Gasteiger partial charge is 0.209 e. The summed E-state index contributed by atoms with van der Waals surface area (Å²) in [5.74, 6) is 0.925. The summed E-state index contributed by atoms with van der Waals surface area (Å²) in [4.78, 5) is 2.35. The SMILES string of the molecule is COc1ccc2c(c1)C[C@@H](C)N(CCCS(N)(=O)=O)[C@H]2C. The fourth-order valence-corrected chi connectivity index (χ4v) is 3.68. The number of sulfonamides is 1. The van der Waals surface area contributed by atoms with Crippen LogP contribution in [0.25, 0.3) is 0 Å². The van der Waals surface area contributed by atoms with Crippen molar-refractivity contribution in [2.45, 2.75) is 38.8 Å². The van der Waals surface area contributed by atoms with Gasteiger partial charge in [0.15, 0.2) is 0 Å². The van der Waals surface area contributed by atoms with Crippen molar-refractivity contribution in [3.8, 4) is 5.75 Å². The third kappa shape index (κ3) is 3.96. The molecule has 118 valence electrons. The van der Waals surface area contributed by atoms with Crippen LogP contribution in [0, 0.1) is 0 Å². The number of hydrogen-bond acceptors (Lipinski definition) is 4. The first-order valence-corrected chi connectivity index (χ1v) is 8.96. The van der Waals surface area contributed by atoms with Crippen LogP contribution in [0.15, 0.2) is 18.2 Å². The van der Waals surface area contributed by atoms with E-state index in [9.17, 15) is 8.42 Å². The van der Waals surface area contributed by atoms with Crippen molar-refractivity contribution in [3.05, 3.63) is 29.3 Å². The monoisotopic (exact) mass is 312 g/mol. The van der Waals surface area contributed by atoms with E-state index in [0.29, 0.717) is 12.5 Å². The summed E-state index contributed by atoms with van der Waals surface area (Å²) in [6.07, 6.45) is 1.52. The maximum atomic E-state index is 11.1. The first-order valence-electron chi connectivity index (χ1n) is 7.25. The number of hydrogen-bond donors (Lipinski definition) is 1. The lowest BCUT2D eigenvalue weighted by molar-refractivity contribution is 0.138. The number of benzene rings is 1. The van der Waals surface area contributed by atoms with E-state index in [1.54, 1.807) is 7.11 Å². The van der Waals surface area contributed by atoms with Crippen LogP contribution in [0.3, 0.4) is 0 Å². The van der Waals surface area contributed by atoms with Crippen LogP contribution in [0.2, 0.25) is 0 Å². The van der Waals surface area contributed by atoms with Gasteiger partial charge in [0.25, 0.3) is 0 Å². The molecule has 0 aliphatic carbocycles. The molecular formula is C15H24N2O3S. The summed E-state index contributed by atoms with van der Waals surface area (Å²) in [7, 11) is -1.70. The maximum absolute atomic E-state index is 11.1. The van der Waals surface area contributed by atoms with Gasteiger partial charge in [-0.15, -0.1) is 0 Å². The number of primary sulfonamides is 1. The minimum absolute atomic E-state index is 0.0401. The van der Waals surface area contributed by atoms with E-state index >= 15 is 0 Å². The zero-order valence-corrected chi connectivity index (χ0v) is 13.7. The molecule has 2 rings (SSSR count). The maximum Gasteiger partial charge on any atom is 0.209 e. The molecule has 1 aliphatic rings. The van der Waals surface area contributed by atoms with E-state index in [1.165, 1.54) is 11.1 Å². The van der Waals surface area contributed by atoms with Gasteiger partial charge in [-0.3, -0.25) is 4.90 Å². The highest BCUT2D eigenvalue weighted by molar-refractivity contribution is 7.89. The Labute approximate surface area is 127 Å². The van der Waals surface area contributed by atoms with Crippen LogP contribution in [-0.2, 0) is 16.4 Å². The van der Waals surface area contributed by atoms with Gasteiger partial charge in [0.1, 0.15) is 5.75 Å². The largest absolute Gasteiger partial charge is 0.497 e. The van der Waals surface area contributed by atoms with E-state index in [2.05, 4.69) is 30.9 Å². The summed E-state index contributed by atoms with van der Waals surface area (Å²) >= 11 is 0. The number of ether oxygens (including phenoxy) is 1. The number of fused-ring (bicyclic) bond motifs is 1. The second-order valence-corrected chi connectivity index (χ2v) is 7.49. The van der Waals surface area contributed by atoms with E-state index in [-0.39, 0.29) is 11.8 Å². The lowest BCUT2D eigenvalue weighted by Crippen LogP contribution is -2.42. The standard InChI is InChI=1S/C15H24N2O3S/c1-11-9-13-10-14(20-3)5-6-15(13)12(2)17(11)7-4-8-21(16,18)19/h5-6,10-12H,4,7-9H2,1-3H3,(H2,16,18,19)/t11-,12+/m1/s1. The van der Waals surface area contributed by atoms with Gasteiger partial charge >= 0.3 is 0 Å². The summed E-state index contributed by atoms with van der Waals surface area (Å²) in [5.41, 5.74) is 2.61. The Morgan fingerprint density at radius 2 is 2.10 bits per heavy atom. The molecule has 0 fully saturated rings. The predicted molar refractivity (Wildman–Crippen MR) is 83.9 cm³/mol. The fraction of sp³-hybridized carbons (Fsp3) is 0.600. The molecule has 21 heavy (non-hydrogen) atoms. The number of rotatable bonds is 5. The van der Waals surface area contributed by atoms with Crippen molar-refractivity contribution in [2.24, 2.45) is 5.14 Å². The topological polar surface area (TPSA) is 72.6 Å². The van der Waals surface area contributed by atoms with Gasteiger partial charge in [-0.25, -0.2) is 13.6 Å². The van der Waals surface area contributed by atoms with Crippen molar-refractivity contribution < 1.29 is 13.2 Å². The highest BCUT2D eigenvalue weighted by atomic mass is 32.2. The molecule has 0 saturated carbocycles. The molecule has 1 heterocycles. The molecular weight excluding hydrogens is 288 g/mol. The molecule has 0 spiro atoms. The summed E-state index contributed by atoms with van der Waals surface area (Å²) in [6.45, 7) is 5.08. The molecule has 1 aromatic rings. The van der Waals surface area contributed by atoms with Crippen LogP contribution in [0.5, 0.6) is 5.75 Å². The molecule has 0 saturated heterocycles. The second-order valence-electron chi connectivity index (χ2n) is 5.75. The lowest BCUT2D eigenvalue weighted by atomic mass is 9.89. The van der Waals surface area contributed by atoms with Crippen LogP contribution < -0.4 is 9.88 Å². The third-order valence-corrected chi connectivity index (χ3v) is 5.08. The molecule has 2 atom stereocenters. The van der Waals surface area contributed by atoms with Crippen molar-refractivity contribution >= 4 is 10.0 Å². The fourth-order valence-electron chi connectivity index (χ4n) is 3.15. The van der Waals surface area contributed by atoms with Crippen LogP contribution in [0.4, 0.5) is 0 Å².